The molecule has 172 valence electrons. The lowest BCUT2D eigenvalue weighted by atomic mass is 10.1. The van der Waals surface area contributed by atoms with Gasteiger partial charge in [0.05, 0.1) is 21.1 Å². The lowest BCUT2D eigenvalue weighted by molar-refractivity contribution is -0.00211. The van der Waals surface area contributed by atoms with E-state index in [0.717, 1.165) is 58.3 Å². The number of nitriles is 1. The molecule has 1 fully saturated rings. The Kier molecular flexibility index (Phi) is 8.25. The molecular formula is C26H28BrN3O2S. The molecule has 1 saturated heterocycles. The maximum atomic E-state index is 8.99. The molecule has 1 aliphatic heterocycles. The van der Waals surface area contributed by atoms with Gasteiger partial charge < -0.3 is 14.4 Å². The van der Waals surface area contributed by atoms with Gasteiger partial charge in [0.2, 0.25) is 6.29 Å². The minimum Gasteiger partial charge on any atom is -0.455 e. The van der Waals surface area contributed by atoms with Gasteiger partial charge in [0.1, 0.15) is 11.5 Å². The standard InChI is InChI=1S/C26H28BrN3O2S/c1-2-3-7-23(31-21-12-8-19(18-28)9-13-21)32-22-14-10-20(11-15-22)24-25(27)33-26(29-24)30-16-5-4-6-17-30/h8-15,23H,2-7,16-17H2,1H3. The van der Waals surface area contributed by atoms with Crippen molar-refractivity contribution in [3.63, 3.8) is 0 Å². The molecule has 7 heteroatoms. The van der Waals surface area contributed by atoms with Crippen LogP contribution in [0.25, 0.3) is 11.3 Å². The lowest BCUT2D eigenvalue weighted by Gasteiger charge is -2.25. The number of benzene rings is 2. The van der Waals surface area contributed by atoms with Crippen LogP contribution >= 0.6 is 27.3 Å². The number of unbranched alkanes of at least 4 members (excludes halogenated alkanes) is 1. The number of rotatable bonds is 9. The largest absolute Gasteiger partial charge is 0.455 e. The summed E-state index contributed by atoms with van der Waals surface area (Å²) in [6, 6.07) is 17.3. The molecule has 1 unspecified atom stereocenters. The van der Waals surface area contributed by atoms with Crippen molar-refractivity contribution in [1.82, 2.24) is 4.98 Å². The molecule has 1 aromatic heterocycles. The van der Waals surface area contributed by atoms with Crippen LogP contribution in [0.4, 0.5) is 5.13 Å². The number of piperidine rings is 1. The van der Waals surface area contributed by atoms with Gasteiger partial charge in [0.15, 0.2) is 5.13 Å². The predicted octanol–water partition coefficient (Wildman–Crippen LogP) is 7.41. The van der Waals surface area contributed by atoms with Crippen LogP contribution in [0.3, 0.4) is 0 Å². The van der Waals surface area contributed by atoms with E-state index in [1.807, 2.05) is 36.4 Å². The molecule has 0 bridgehead atoms. The van der Waals surface area contributed by atoms with Crippen LogP contribution < -0.4 is 14.4 Å². The molecule has 0 amide bonds. The Morgan fingerprint density at radius 2 is 1.67 bits per heavy atom. The van der Waals surface area contributed by atoms with E-state index in [2.05, 4.69) is 33.8 Å². The first kappa shape index (κ1) is 23.6. The summed E-state index contributed by atoms with van der Waals surface area (Å²) in [5.41, 5.74) is 2.65. The lowest BCUT2D eigenvalue weighted by Crippen LogP contribution is -2.29. The first-order valence-corrected chi connectivity index (χ1v) is 13.1. The Bertz CT molecular complexity index is 1070. The molecule has 1 atom stereocenters. The van der Waals surface area contributed by atoms with Crippen molar-refractivity contribution >= 4 is 32.4 Å². The maximum Gasteiger partial charge on any atom is 0.241 e. The first-order chi connectivity index (χ1) is 16.2. The van der Waals surface area contributed by atoms with Crippen LogP contribution in [-0.2, 0) is 0 Å². The fourth-order valence-corrected chi connectivity index (χ4v) is 5.43. The highest BCUT2D eigenvalue weighted by Gasteiger charge is 2.19. The predicted molar refractivity (Wildman–Crippen MR) is 137 cm³/mol. The number of halogens is 1. The molecule has 3 aromatic rings. The number of thiazole rings is 1. The van der Waals surface area contributed by atoms with E-state index >= 15 is 0 Å². The summed E-state index contributed by atoms with van der Waals surface area (Å²) in [7, 11) is 0. The zero-order valence-corrected chi connectivity index (χ0v) is 21.2. The third kappa shape index (κ3) is 6.27. The number of hydrogen-bond acceptors (Lipinski definition) is 6. The first-order valence-electron chi connectivity index (χ1n) is 11.5. The fraction of sp³-hybridized carbons (Fsp3) is 0.385. The molecule has 5 nitrogen and oxygen atoms in total. The zero-order valence-electron chi connectivity index (χ0n) is 18.8. The molecule has 33 heavy (non-hydrogen) atoms. The van der Waals surface area contributed by atoms with E-state index in [9.17, 15) is 0 Å². The summed E-state index contributed by atoms with van der Waals surface area (Å²) in [5.74, 6) is 1.46. The minimum absolute atomic E-state index is 0.388. The van der Waals surface area contributed by atoms with Crippen LogP contribution in [0.5, 0.6) is 11.5 Å². The second-order valence-electron chi connectivity index (χ2n) is 8.13. The number of ether oxygens (including phenoxy) is 2. The van der Waals surface area contributed by atoms with Gasteiger partial charge in [-0.1, -0.05) is 24.7 Å². The summed E-state index contributed by atoms with van der Waals surface area (Å²) in [5, 5.41) is 10.1. The number of nitrogens with zero attached hydrogens (tertiary/aromatic N) is 3. The molecule has 0 N–H and O–H groups in total. The van der Waals surface area contributed by atoms with Crippen molar-refractivity contribution in [2.45, 2.75) is 51.7 Å². The summed E-state index contributed by atoms with van der Waals surface area (Å²) in [4.78, 5) is 7.30. The third-order valence-electron chi connectivity index (χ3n) is 5.64. The van der Waals surface area contributed by atoms with E-state index in [-0.39, 0.29) is 6.29 Å². The van der Waals surface area contributed by atoms with Gasteiger partial charge in [0.25, 0.3) is 0 Å². The second kappa shape index (κ2) is 11.5. The highest BCUT2D eigenvalue weighted by molar-refractivity contribution is 9.11. The zero-order chi connectivity index (χ0) is 23.0. The molecule has 2 aromatic carbocycles. The fourth-order valence-electron chi connectivity index (χ4n) is 3.81. The van der Waals surface area contributed by atoms with Gasteiger partial charge in [-0.15, -0.1) is 0 Å². The van der Waals surface area contributed by atoms with Crippen molar-refractivity contribution in [2.75, 3.05) is 18.0 Å². The Morgan fingerprint density at radius 1 is 1.03 bits per heavy atom. The Morgan fingerprint density at radius 3 is 2.27 bits per heavy atom. The molecule has 0 radical (unpaired) electrons. The maximum absolute atomic E-state index is 8.99. The molecule has 0 aliphatic carbocycles. The van der Waals surface area contributed by atoms with Gasteiger partial charge in [-0.25, -0.2) is 4.98 Å². The molecule has 4 rings (SSSR count). The molecular weight excluding hydrogens is 498 g/mol. The number of hydrogen-bond donors (Lipinski definition) is 0. The van der Waals surface area contributed by atoms with Crippen LogP contribution in [0.1, 0.15) is 51.0 Å². The van der Waals surface area contributed by atoms with Gasteiger partial charge in [-0.3, -0.25) is 0 Å². The van der Waals surface area contributed by atoms with Crippen LogP contribution in [0.2, 0.25) is 0 Å². The van der Waals surface area contributed by atoms with Crippen LogP contribution in [-0.4, -0.2) is 24.4 Å². The highest BCUT2D eigenvalue weighted by atomic mass is 79.9. The van der Waals surface area contributed by atoms with E-state index in [1.165, 1.54) is 19.3 Å². The monoisotopic (exact) mass is 525 g/mol. The van der Waals surface area contributed by atoms with Crippen molar-refractivity contribution in [3.8, 4) is 28.8 Å². The smallest absolute Gasteiger partial charge is 0.241 e. The Hall–Kier alpha value is -2.56. The average Bonchev–Trinajstić information content (AvgIpc) is 3.25. The summed E-state index contributed by atoms with van der Waals surface area (Å²) >= 11 is 5.42. The van der Waals surface area contributed by atoms with Crippen molar-refractivity contribution in [3.05, 3.63) is 57.9 Å². The van der Waals surface area contributed by atoms with E-state index in [1.54, 1.807) is 23.5 Å². The second-order valence-corrected chi connectivity index (χ2v) is 10.4. The number of anilines is 1. The van der Waals surface area contributed by atoms with Crippen molar-refractivity contribution in [2.24, 2.45) is 0 Å². The minimum atomic E-state index is -0.388. The summed E-state index contributed by atoms with van der Waals surface area (Å²) in [6.07, 6.45) is 6.25. The molecule has 1 aliphatic rings. The summed E-state index contributed by atoms with van der Waals surface area (Å²) in [6.45, 7) is 4.33. The van der Waals surface area contributed by atoms with Gasteiger partial charge >= 0.3 is 0 Å². The topological polar surface area (TPSA) is 58.4 Å². The van der Waals surface area contributed by atoms with Gasteiger partial charge in [-0.05, 0) is 90.1 Å². The quantitative estimate of drug-likeness (QED) is 0.272. The normalized spacial score (nSPS) is 14.5. The van der Waals surface area contributed by atoms with E-state index in [4.69, 9.17) is 19.7 Å². The Balaban J connectivity index is 1.44. The SMILES string of the molecule is CCCCC(Oc1ccc(C#N)cc1)Oc1ccc(-c2nc(N3CCCCC3)sc2Br)cc1. The van der Waals surface area contributed by atoms with Crippen LogP contribution in [0.15, 0.2) is 52.3 Å². The molecule has 0 spiro atoms. The highest BCUT2D eigenvalue weighted by Crippen LogP contribution is 2.38. The van der Waals surface area contributed by atoms with Gasteiger partial charge in [0, 0.05) is 25.1 Å². The van der Waals surface area contributed by atoms with Crippen molar-refractivity contribution in [1.29, 1.82) is 5.26 Å². The molecule has 0 saturated carbocycles. The van der Waals surface area contributed by atoms with E-state index in [0.29, 0.717) is 11.3 Å². The van der Waals surface area contributed by atoms with Crippen molar-refractivity contribution < 1.29 is 9.47 Å². The summed E-state index contributed by atoms with van der Waals surface area (Å²) < 4.78 is 13.3. The average molecular weight is 527 g/mol. The van der Waals surface area contributed by atoms with E-state index < -0.39 is 0 Å². The van der Waals surface area contributed by atoms with Crippen LogP contribution in [0, 0.1) is 11.3 Å². The Labute approximate surface area is 208 Å². The molecule has 2 heterocycles. The number of aromatic nitrogens is 1. The third-order valence-corrected chi connectivity index (χ3v) is 7.41. The van der Waals surface area contributed by atoms with Gasteiger partial charge in [-0.2, -0.15) is 5.26 Å².